The van der Waals surface area contributed by atoms with Crippen LogP contribution in [0.3, 0.4) is 0 Å². The summed E-state index contributed by atoms with van der Waals surface area (Å²) in [5, 5.41) is 4.48. The number of carbonyl (C=O) groups excluding carboxylic acids is 2. The second kappa shape index (κ2) is 10.6. The third-order valence-corrected chi connectivity index (χ3v) is 9.77. The first-order valence-electron chi connectivity index (χ1n) is 14.4. The maximum absolute atomic E-state index is 13.6. The summed E-state index contributed by atoms with van der Waals surface area (Å²) in [6.45, 7) is 6.13. The number of hydrogen-bond donors (Lipinski definition) is 0. The number of aromatic nitrogens is 2. The number of benzene rings is 1. The van der Waals surface area contributed by atoms with E-state index in [9.17, 15) is 9.59 Å². The fourth-order valence-electron chi connectivity index (χ4n) is 7.63. The molecule has 1 aromatic carbocycles. The molecule has 3 saturated heterocycles. The Kier molecular flexibility index (Phi) is 7.14. The number of likely N-dealkylation sites (tertiary alicyclic amines) is 1. The van der Waals surface area contributed by atoms with Crippen LogP contribution < -0.4 is 0 Å². The van der Waals surface area contributed by atoms with Crippen molar-refractivity contribution in [3.05, 3.63) is 52.8 Å². The summed E-state index contributed by atoms with van der Waals surface area (Å²) in [6.07, 6.45) is 6.05. The van der Waals surface area contributed by atoms with Crippen molar-refractivity contribution < 1.29 is 19.1 Å². The van der Waals surface area contributed by atoms with Crippen LogP contribution in [0.1, 0.15) is 65.8 Å². The Hall–Kier alpha value is -2.91. The van der Waals surface area contributed by atoms with Gasteiger partial charge in [0.15, 0.2) is 5.69 Å². The molecule has 6 rings (SSSR count). The molecule has 2 amide bonds. The van der Waals surface area contributed by atoms with Crippen molar-refractivity contribution in [1.29, 1.82) is 0 Å². The molecule has 2 atom stereocenters. The Morgan fingerprint density at radius 1 is 1.05 bits per heavy atom. The highest BCUT2D eigenvalue weighted by Gasteiger charge is 2.48. The second-order valence-electron chi connectivity index (χ2n) is 12.0. The lowest BCUT2D eigenvalue weighted by Gasteiger charge is -2.51. The largest absolute Gasteiger partial charge is 0.447 e. The lowest BCUT2D eigenvalue weighted by Crippen LogP contribution is -2.57. The van der Waals surface area contributed by atoms with Gasteiger partial charge in [-0.3, -0.25) is 9.48 Å². The van der Waals surface area contributed by atoms with Gasteiger partial charge in [-0.1, -0.05) is 24.3 Å². The van der Waals surface area contributed by atoms with Crippen LogP contribution in [0, 0.1) is 6.92 Å². The first-order chi connectivity index (χ1) is 18.9. The van der Waals surface area contributed by atoms with Crippen LogP contribution in [0.25, 0.3) is 0 Å². The summed E-state index contributed by atoms with van der Waals surface area (Å²) in [5.74, 6) is 0.0244. The third kappa shape index (κ3) is 4.84. The molecule has 0 aliphatic carbocycles. The number of fused-ring (bicyclic) bond motifs is 4. The summed E-state index contributed by atoms with van der Waals surface area (Å²) in [4.78, 5) is 33.0. The van der Waals surface area contributed by atoms with Gasteiger partial charge in [-0.25, -0.2) is 4.79 Å². The maximum Gasteiger partial charge on any atom is 0.410 e. The molecule has 0 saturated carbocycles. The van der Waals surface area contributed by atoms with Crippen LogP contribution in [0.15, 0.2) is 30.3 Å². The highest BCUT2D eigenvalue weighted by atomic mass is 16.6. The number of ether oxygens (including phenoxy) is 2. The topological polar surface area (TPSA) is 80.1 Å². The summed E-state index contributed by atoms with van der Waals surface area (Å²) in [5.41, 5.74) is 4.17. The first kappa shape index (κ1) is 26.3. The maximum atomic E-state index is 13.6. The van der Waals surface area contributed by atoms with E-state index in [1.807, 2.05) is 29.8 Å². The van der Waals surface area contributed by atoms with Crippen molar-refractivity contribution in [3.8, 4) is 0 Å². The highest BCUT2D eigenvalue weighted by molar-refractivity contribution is 5.92. The fraction of sp³-hybridized carbons (Fsp3) is 0.633. The number of hydrogen-bond acceptors (Lipinski definition) is 6. The molecule has 1 spiro atoms. The standard InChI is InChI=1S/C30H41N5O4/c1-21-16-27(31-32(21)2)28(36)34-19-22-6-4-5-7-26(22)30(20-34)10-12-33(13-11-30)25-17-23-8-9-24(18-25)35(23)29(37)39-15-14-38-3/h4-7,16,23-25H,8-15,17-20H2,1-3H3. The van der Waals surface area contributed by atoms with Gasteiger partial charge in [0.25, 0.3) is 5.91 Å². The molecule has 4 aliphatic heterocycles. The Balaban J connectivity index is 1.14. The minimum atomic E-state index is -0.178. The molecular weight excluding hydrogens is 494 g/mol. The molecule has 4 aliphatic rings. The zero-order valence-corrected chi connectivity index (χ0v) is 23.5. The average Bonchev–Trinajstić information content (AvgIpc) is 3.42. The lowest BCUT2D eigenvalue weighted by atomic mass is 9.68. The van der Waals surface area contributed by atoms with Crippen LogP contribution in [0.4, 0.5) is 4.79 Å². The van der Waals surface area contributed by atoms with Crippen LogP contribution in [-0.2, 0) is 28.5 Å². The molecule has 9 heteroatoms. The molecule has 0 radical (unpaired) electrons. The van der Waals surface area contributed by atoms with E-state index in [1.54, 1.807) is 11.8 Å². The van der Waals surface area contributed by atoms with Crippen LogP contribution in [0.2, 0.25) is 0 Å². The third-order valence-electron chi connectivity index (χ3n) is 9.77. The van der Waals surface area contributed by atoms with Crippen molar-refractivity contribution in [3.63, 3.8) is 0 Å². The van der Waals surface area contributed by atoms with Gasteiger partial charge in [0.2, 0.25) is 0 Å². The van der Waals surface area contributed by atoms with Crippen LogP contribution >= 0.6 is 0 Å². The first-order valence-corrected chi connectivity index (χ1v) is 14.4. The Bertz CT molecular complexity index is 1190. The monoisotopic (exact) mass is 535 g/mol. The Morgan fingerprint density at radius 3 is 2.44 bits per heavy atom. The Morgan fingerprint density at radius 2 is 1.77 bits per heavy atom. The quantitative estimate of drug-likeness (QED) is 0.546. The van der Waals surface area contributed by atoms with Gasteiger partial charge in [-0.15, -0.1) is 0 Å². The highest BCUT2D eigenvalue weighted by Crippen LogP contribution is 2.44. The van der Waals surface area contributed by atoms with Crippen LogP contribution in [-0.4, -0.2) is 94.6 Å². The summed E-state index contributed by atoms with van der Waals surface area (Å²) < 4.78 is 12.3. The van der Waals surface area contributed by atoms with Crippen molar-refractivity contribution in [2.24, 2.45) is 7.05 Å². The molecule has 2 aromatic rings. The molecule has 2 unspecified atom stereocenters. The summed E-state index contributed by atoms with van der Waals surface area (Å²) in [6, 6.07) is 11.6. The number of rotatable bonds is 5. The summed E-state index contributed by atoms with van der Waals surface area (Å²) >= 11 is 0. The normalized spacial score (nSPS) is 26.1. The number of amides is 2. The van der Waals surface area contributed by atoms with E-state index < -0.39 is 0 Å². The lowest BCUT2D eigenvalue weighted by molar-refractivity contribution is 0.0133. The second-order valence-corrected chi connectivity index (χ2v) is 12.0. The molecule has 39 heavy (non-hydrogen) atoms. The zero-order valence-electron chi connectivity index (χ0n) is 23.5. The SMILES string of the molecule is COCCOC(=O)N1C2CCC1CC(N1CCC3(CC1)CN(C(=O)c1cc(C)n(C)n1)Cc1ccccc13)C2. The van der Waals surface area contributed by atoms with E-state index in [1.165, 1.54) is 11.1 Å². The average molecular weight is 536 g/mol. The zero-order chi connectivity index (χ0) is 27.1. The number of aryl methyl sites for hydroxylation is 2. The molecular formula is C30H41N5O4. The van der Waals surface area contributed by atoms with Gasteiger partial charge >= 0.3 is 6.09 Å². The number of carbonyl (C=O) groups is 2. The number of nitrogens with zero attached hydrogens (tertiary/aromatic N) is 5. The number of methoxy groups -OCH3 is 1. The van der Waals surface area contributed by atoms with Crippen molar-refractivity contribution >= 4 is 12.0 Å². The summed E-state index contributed by atoms with van der Waals surface area (Å²) in [7, 11) is 3.50. The number of piperidine rings is 2. The van der Waals surface area contributed by atoms with Crippen molar-refractivity contribution in [2.75, 3.05) is 40.0 Å². The van der Waals surface area contributed by atoms with Gasteiger partial charge in [0.1, 0.15) is 6.61 Å². The van der Waals surface area contributed by atoms with Crippen molar-refractivity contribution in [2.45, 2.75) is 75.5 Å². The van der Waals surface area contributed by atoms with E-state index in [-0.39, 0.29) is 29.5 Å². The molecule has 9 nitrogen and oxygen atoms in total. The van der Waals surface area contributed by atoms with Crippen LogP contribution in [0.5, 0.6) is 0 Å². The molecule has 2 bridgehead atoms. The predicted octanol–water partition coefficient (Wildman–Crippen LogP) is 3.50. The van der Waals surface area contributed by atoms with Crippen molar-refractivity contribution in [1.82, 2.24) is 24.5 Å². The van der Waals surface area contributed by atoms with Gasteiger partial charge in [0, 0.05) is 56.5 Å². The Labute approximate surface area is 231 Å². The van der Waals surface area contributed by atoms with Gasteiger partial charge in [-0.2, -0.15) is 5.10 Å². The smallest absolute Gasteiger partial charge is 0.410 e. The minimum Gasteiger partial charge on any atom is -0.447 e. The van der Waals surface area contributed by atoms with E-state index in [2.05, 4.69) is 34.3 Å². The van der Waals surface area contributed by atoms with Gasteiger partial charge in [-0.05, 0) is 75.7 Å². The van der Waals surface area contributed by atoms with E-state index in [4.69, 9.17) is 9.47 Å². The van der Waals surface area contributed by atoms with Gasteiger partial charge in [0.05, 0.1) is 6.61 Å². The predicted molar refractivity (Wildman–Crippen MR) is 147 cm³/mol. The molecule has 3 fully saturated rings. The molecule has 5 heterocycles. The molecule has 210 valence electrons. The van der Waals surface area contributed by atoms with E-state index in [0.29, 0.717) is 31.5 Å². The molecule has 0 N–H and O–H groups in total. The van der Waals surface area contributed by atoms with Gasteiger partial charge < -0.3 is 24.2 Å². The molecule has 1 aromatic heterocycles. The minimum absolute atomic E-state index is 0.0244. The van der Waals surface area contributed by atoms with E-state index in [0.717, 1.165) is 63.9 Å². The van der Waals surface area contributed by atoms with E-state index >= 15 is 0 Å². The fourth-order valence-corrected chi connectivity index (χ4v) is 7.63.